The number of aryl methyl sites for hydroxylation is 1. The van der Waals surface area contributed by atoms with E-state index in [1.54, 1.807) is 13.8 Å². The predicted octanol–water partition coefficient (Wildman–Crippen LogP) is 5.49. The number of fused-ring (bicyclic) bond motifs is 1. The largest absolute Gasteiger partial charge is 0.439 e. The van der Waals surface area contributed by atoms with E-state index in [0.29, 0.717) is 24.4 Å². The molecule has 2 aromatic carbocycles. The van der Waals surface area contributed by atoms with Gasteiger partial charge in [-0.05, 0) is 76.5 Å². The summed E-state index contributed by atoms with van der Waals surface area (Å²) in [6, 6.07) is 15.8. The number of nitrogens with one attached hydrogen (secondary N) is 1. The zero-order valence-electron chi connectivity index (χ0n) is 27.1. The topological polar surface area (TPSA) is 141 Å². The molecule has 1 aliphatic rings. The minimum Gasteiger partial charge on any atom is -0.388 e. The minimum atomic E-state index is -0.937. The maximum atomic E-state index is 14.4. The molecule has 0 spiro atoms. The highest BCUT2D eigenvalue weighted by atomic mass is 16.5. The minimum absolute atomic E-state index is 0.0206. The molecule has 242 valence electrons. The van der Waals surface area contributed by atoms with E-state index in [-0.39, 0.29) is 23.3 Å². The molecule has 1 aliphatic carbocycles. The first-order valence-electron chi connectivity index (χ1n) is 16.1. The summed E-state index contributed by atoms with van der Waals surface area (Å²) in [6.07, 6.45) is 6.30. The van der Waals surface area contributed by atoms with Crippen molar-refractivity contribution in [3.63, 3.8) is 0 Å². The number of hydrogen-bond donors (Lipinski definition) is 2. The van der Waals surface area contributed by atoms with E-state index in [1.165, 1.54) is 6.33 Å². The Hall–Kier alpha value is -4.35. The second kappa shape index (κ2) is 12.4. The lowest BCUT2D eigenvalue weighted by molar-refractivity contribution is -0.163. The number of rotatable bonds is 10. The van der Waals surface area contributed by atoms with Crippen LogP contribution in [-0.2, 0) is 17.6 Å². The van der Waals surface area contributed by atoms with Gasteiger partial charge in [0.1, 0.15) is 6.33 Å². The fourth-order valence-electron chi connectivity index (χ4n) is 6.53. The van der Waals surface area contributed by atoms with Crippen molar-refractivity contribution < 1.29 is 14.4 Å². The molecule has 3 aromatic heterocycles. The van der Waals surface area contributed by atoms with Gasteiger partial charge in [0.05, 0.1) is 23.0 Å². The van der Waals surface area contributed by atoms with Crippen LogP contribution in [0.4, 0.5) is 0 Å². The number of ether oxygens (including phenoxy) is 1. The van der Waals surface area contributed by atoms with E-state index in [2.05, 4.69) is 34.1 Å². The van der Waals surface area contributed by atoms with Crippen LogP contribution in [0.15, 0.2) is 69.0 Å². The molecular formula is C35H42N6O5. The van der Waals surface area contributed by atoms with E-state index in [9.17, 15) is 14.7 Å². The third-order valence-electron chi connectivity index (χ3n) is 9.42. The Bertz CT molecular complexity index is 1940. The normalized spacial score (nSPS) is 19.5. The molecule has 5 aromatic rings. The Morgan fingerprint density at radius 2 is 1.80 bits per heavy atom. The van der Waals surface area contributed by atoms with Crippen molar-refractivity contribution in [3.8, 4) is 22.5 Å². The van der Waals surface area contributed by atoms with Crippen LogP contribution in [0.3, 0.4) is 0 Å². The zero-order valence-corrected chi connectivity index (χ0v) is 27.1. The number of H-pyrrole nitrogens is 1. The van der Waals surface area contributed by atoms with Gasteiger partial charge in [0, 0.05) is 23.6 Å². The number of aliphatic hydroxyl groups is 1. The molecule has 1 saturated carbocycles. The van der Waals surface area contributed by atoms with E-state index >= 15 is 0 Å². The summed E-state index contributed by atoms with van der Waals surface area (Å²) in [7, 11) is 0. The maximum absolute atomic E-state index is 14.4. The Morgan fingerprint density at radius 3 is 2.43 bits per heavy atom. The van der Waals surface area contributed by atoms with Crippen molar-refractivity contribution in [3.05, 3.63) is 92.6 Å². The summed E-state index contributed by atoms with van der Waals surface area (Å²) in [5.41, 5.74) is 3.90. The smallest absolute Gasteiger partial charge is 0.388 e. The van der Waals surface area contributed by atoms with Crippen LogP contribution in [0, 0.1) is 0 Å². The van der Waals surface area contributed by atoms with Crippen LogP contribution in [-0.4, -0.2) is 51.7 Å². The number of aromatic nitrogens is 6. The van der Waals surface area contributed by atoms with Crippen LogP contribution in [0.25, 0.3) is 28.3 Å². The van der Waals surface area contributed by atoms with Gasteiger partial charge in [0.2, 0.25) is 5.78 Å². The van der Waals surface area contributed by atoms with Crippen LogP contribution < -0.4 is 11.3 Å². The molecule has 46 heavy (non-hydrogen) atoms. The SMILES string of the molecule is CCCc1c(Cc2ccc(-c3ccccc3-c3noc(=O)[nH]3)cc2)c(=O)n([C@H]2CC[C@](C)(OC(C)C(C)(C)O)CC2)c2ncnn12. The average molecular weight is 627 g/mol. The number of nitrogens with zero attached hydrogens (tertiary/aromatic N) is 5. The van der Waals surface area contributed by atoms with Gasteiger partial charge in [0.15, 0.2) is 5.82 Å². The molecule has 0 radical (unpaired) electrons. The van der Waals surface area contributed by atoms with Crippen LogP contribution in [0.5, 0.6) is 0 Å². The van der Waals surface area contributed by atoms with Gasteiger partial charge in [-0.2, -0.15) is 10.1 Å². The summed E-state index contributed by atoms with van der Waals surface area (Å²) in [5.74, 6) is 0.347. The molecule has 11 nitrogen and oxygen atoms in total. The fourth-order valence-corrected chi connectivity index (χ4v) is 6.53. The molecule has 2 N–H and O–H groups in total. The van der Waals surface area contributed by atoms with Crippen molar-refractivity contribution in [1.29, 1.82) is 0 Å². The van der Waals surface area contributed by atoms with Crippen LogP contribution in [0.2, 0.25) is 0 Å². The second-order valence-corrected chi connectivity index (χ2v) is 13.3. The molecule has 0 saturated heterocycles. The zero-order chi connectivity index (χ0) is 32.6. The van der Waals surface area contributed by atoms with Crippen molar-refractivity contribution in [2.24, 2.45) is 0 Å². The summed E-state index contributed by atoms with van der Waals surface area (Å²) in [4.78, 5) is 33.2. The Labute approximate surface area is 267 Å². The molecule has 0 bridgehead atoms. The monoisotopic (exact) mass is 626 g/mol. The second-order valence-electron chi connectivity index (χ2n) is 13.3. The maximum Gasteiger partial charge on any atom is 0.439 e. The van der Waals surface area contributed by atoms with Gasteiger partial charge in [-0.3, -0.25) is 18.9 Å². The lowest BCUT2D eigenvalue weighted by Crippen LogP contribution is -2.45. The lowest BCUT2D eigenvalue weighted by Gasteiger charge is -2.42. The molecule has 1 unspecified atom stereocenters. The number of aromatic amines is 1. The molecule has 1 atom stereocenters. The predicted molar refractivity (Wildman–Crippen MR) is 175 cm³/mol. The third kappa shape index (κ3) is 6.21. The van der Waals surface area contributed by atoms with Crippen molar-refractivity contribution in [2.45, 2.75) is 103 Å². The Kier molecular flexibility index (Phi) is 8.56. The first-order valence-corrected chi connectivity index (χ1v) is 16.1. The quantitative estimate of drug-likeness (QED) is 0.207. The van der Waals surface area contributed by atoms with Gasteiger partial charge < -0.3 is 9.84 Å². The first-order chi connectivity index (χ1) is 22.0. The van der Waals surface area contributed by atoms with E-state index in [1.807, 2.05) is 64.5 Å². The van der Waals surface area contributed by atoms with Crippen LogP contribution >= 0.6 is 0 Å². The molecular weight excluding hydrogens is 584 g/mol. The molecule has 0 amide bonds. The fraction of sp³-hybridized carbons (Fsp3) is 0.457. The van der Waals surface area contributed by atoms with E-state index in [4.69, 9.17) is 9.26 Å². The summed E-state index contributed by atoms with van der Waals surface area (Å²) in [6.45, 7) is 9.64. The van der Waals surface area contributed by atoms with E-state index in [0.717, 1.165) is 65.6 Å². The third-order valence-corrected chi connectivity index (χ3v) is 9.42. The van der Waals surface area contributed by atoms with Gasteiger partial charge in [0.25, 0.3) is 5.56 Å². The van der Waals surface area contributed by atoms with Crippen molar-refractivity contribution >= 4 is 5.78 Å². The van der Waals surface area contributed by atoms with Gasteiger partial charge in [-0.1, -0.05) is 67.0 Å². The van der Waals surface area contributed by atoms with Gasteiger partial charge in [-0.25, -0.2) is 9.31 Å². The molecule has 11 heteroatoms. The highest BCUT2D eigenvalue weighted by molar-refractivity contribution is 5.80. The van der Waals surface area contributed by atoms with Crippen molar-refractivity contribution in [1.82, 2.24) is 29.3 Å². The molecule has 0 aliphatic heterocycles. The summed E-state index contributed by atoms with van der Waals surface area (Å²) < 4.78 is 14.8. The standard InChI is InChI=1S/C35H42N6O5/c1-6-9-29-28(20-23-12-14-24(15-13-23)26-10-7-8-11-27(26)30-38-33(43)46-39-30)31(42)40(32-36-21-37-41(29)32)25-16-18-35(5,19-17-25)45-22(2)34(3,4)44/h7-8,10-15,21-22,25,44H,6,9,16-20H2,1-5H3,(H,38,39,43)/t22?,25-,35-. The lowest BCUT2D eigenvalue weighted by atomic mass is 9.82. The highest BCUT2D eigenvalue weighted by Gasteiger charge is 2.38. The number of hydrogen-bond acceptors (Lipinski definition) is 8. The molecule has 6 rings (SSSR count). The van der Waals surface area contributed by atoms with Gasteiger partial charge in [-0.15, -0.1) is 0 Å². The van der Waals surface area contributed by atoms with Crippen molar-refractivity contribution in [2.75, 3.05) is 0 Å². The molecule has 1 fully saturated rings. The first kappa shape index (κ1) is 31.6. The van der Waals surface area contributed by atoms with Gasteiger partial charge >= 0.3 is 5.76 Å². The summed E-state index contributed by atoms with van der Waals surface area (Å²) >= 11 is 0. The van der Waals surface area contributed by atoms with E-state index < -0.39 is 11.4 Å². The summed E-state index contributed by atoms with van der Waals surface area (Å²) in [5, 5.41) is 18.9. The Morgan fingerprint density at radius 1 is 1.11 bits per heavy atom. The average Bonchev–Trinajstić information content (AvgIpc) is 3.69. The van der Waals surface area contributed by atoms with Crippen LogP contribution in [0.1, 0.15) is 89.6 Å². The molecule has 3 heterocycles. The Balaban J connectivity index is 1.31. The highest BCUT2D eigenvalue weighted by Crippen LogP contribution is 2.39. The number of benzene rings is 2.